The third-order valence-electron chi connectivity index (χ3n) is 4.19. The number of anilines is 1. The zero-order valence-corrected chi connectivity index (χ0v) is 11.7. The average molecular weight is 282 g/mol. The van der Waals surface area contributed by atoms with Crippen molar-refractivity contribution in [1.82, 2.24) is 9.55 Å². The van der Waals surface area contributed by atoms with Crippen LogP contribution < -0.4 is 4.90 Å². The van der Waals surface area contributed by atoms with Gasteiger partial charge < -0.3 is 20.1 Å². The van der Waals surface area contributed by atoms with Crippen LogP contribution >= 0.6 is 0 Å². The molecule has 2 heterocycles. The first-order chi connectivity index (χ1) is 9.29. The van der Waals surface area contributed by atoms with Crippen LogP contribution in [-0.2, 0) is 11.8 Å². The van der Waals surface area contributed by atoms with Crippen molar-refractivity contribution in [2.24, 2.45) is 18.4 Å². The van der Waals surface area contributed by atoms with Gasteiger partial charge in [-0.1, -0.05) is 13.8 Å². The van der Waals surface area contributed by atoms with Crippen LogP contribution in [0.3, 0.4) is 0 Å². The fourth-order valence-corrected chi connectivity index (χ4v) is 2.81. The molecule has 1 fully saturated rings. The van der Waals surface area contributed by atoms with E-state index in [1.807, 2.05) is 13.8 Å². The fourth-order valence-electron chi connectivity index (χ4n) is 2.81. The molecule has 1 aromatic heterocycles. The average Bonchev–Trinajstić information content (AvgIpc) is 2.92. The molecule has 0 saturated carbocycles. The number of rotatable bonds is 4. The number of aryl methyl sites for hydroxylation is 1. The molecule has 1 N–H and O–H groups in total. The number of nitro groups is 1. The monoisotopic (exact) mass is 282 g/mol. The van der Waals surface area contributed by atoms with E-state index in [4.69, 9.17) is 0 Å². The van der Waals surface area contributed by atoms with Gasteiger partial charge >= 0.3 is 11.8 Å². The van der Waals surface area contributed by atoms with E-state index < -0.39 is 16.3 Å². The van der Waals surface area contributed by atoms with Gasteiger partial charge in [-0.15, -0.1) is 0 Å². The molecule has 0 amide bonds. The van der Waals surface area contributed by atoms with E-state index in [1.54, 1.807) is 16.5 Å². The number of aromatic nitrogens is 2. The Hall–Kier alpha value is -2.12. The van der Waals surface area contributed by atoms with Gasteiger partial charge in [-0.3, -0.25) is 9.36 Å². The van der Waals surface area contributed by atoms with Gasteiger partial charge in [0.05, 0.1) is 5.41 Å². The number of nitrogens with zero attached hydrogens (tertiary/aromatic N) is 4. The van der Waals surface area contributed by atoms with E-state index in [0.29, 0.717) is 18.8 Å². The Labute approximate surface area is 116 Å². The van der Waals surface area contributed by atoms with E-state index in [2.05, 4.69) is 4.98 Å². The summed E-state index contributed by atoms with van der Waals surface area (Å²) in [4.78, 5) is 27.6. The third-order valence-corrected chi connectivity index (χ3v) is 4.19. The predicted octanol–water partition coefficient (Wildman–Crippen LogP) is 1.27. The summed E-state index contributed by atoms with van der Waals surface area (Å²) in [7, 11) is 1.67. The second-order valence-corrected chi connectivity index (χ2v) is 5.55. The highest BCUT2D eigenvalue weighted by molar-refractivity contribution is 5.77. The van der Waals surface area contributed by atoms with E-state index in [0.717, 1.165) is 0 Å². The lowest BCUT2D eigenvalue weighted by atomic mass is 9.76. The molecule has 2 rings (SSSR count). The summed E-state index contributed by atoms with van der Waals surface area (Å²) in [5.41, 5.74) is -0.863. The summed E-state index contributed by atoms with van der Waals surface area (Å²) in [5, 5.41) is 20.5. The number of carbonyl (C=O) groups is 1. The summed E-state index contributed by atoms with van der Waals surface area (Å²) in [6.07, 6.45) is 1.85. The maximum absolute atomic E-state index is 11.6. The molecule has 0 spiro atoms. The van der Waals surface area contributed by atoms with Gasteiger partial charge in [-0.05, 0) is 22.2 Å². The van der Waals surface area contributed by atoms with Crippen LogP contribution in [0.15, 0.2) is 6.33 Å². The zero-order valence-electron chi connectivity index (χ0n) is 11.7. The standard InChI is InChI=1S/C12H18N4O4/c1-8(2)12(11(17)18)4-5-15(6-12)10-9(16(19)20)13-7-14(10)3/h7-8H,4-6H2,1-3H3,(H,17,18). The second-order valence-electron chi connectivity index (χ2n) is 5.55. The molecule has 0 bridgehead atoms. The normalized spacial score (nSPS) is 22.5. The molecule has 0 aliphatic carbocycles. The number of imidazole rings is 1. The van der Waals surface area contributed by atoms with Crippen molar-refractivity contribution >= 4 is 17.6 Å². The van der Waals surface area contributed by atoms with Crippen LogP contribution in [0.5, 0.6) is 0 Å². The van der Waals surface area contributed by atoms with E-state index in [9.17, 15) is 20.0 Å². The van der Waals surface area contributed by atoms with Gasteiger partial charge in [0.25, 0.3) is 0 Å². The minimum Gasteiger partial charge on any atom is -0.481 e. The van der Waals surface area contributed by atoms with Gasteiger partial charge in [0.1, 0.15) is 0 Å². The molecule has 1 saturated heterocycles. The Bertz CT molecular complexity index is 554. The van der Waals surface area contributed by atoms with Crippen LogP contribution in [0.2, 0.25) is 0 Å². The smallest absolute Gasteiger partial charge is 0.406 e. The molecule has 8 nitrogen and oxygen atoms in total. The van der Waals surface area contributed by atoms with Crippen molar-refractivity contribution in [3.05, 3.63) is 16.4 Å². The summed E-state index contributed by atoms with van der Waals surface area (Å²) < 4.78 is 1.57. The molecule has 1 aliphatic rings. The zero-order chi connectivity index (χ0) is 15.1. The maximum atomic E-state index is 11.6. The largest absolute Gasteiger partial charge is 0.481 e. The molecule has 8 heteroatoms. The topological polar surface area (TPSA) is 102 Å². The Morgan fingerprint density at radius 3 is 2.70 bits per heavy atom. The van der Waals surface area contributed by atoms with Crippen molar-refractivity contribution < 1.29 is 14.8 Å². The highest BCUT2D eigenvalue weighted by Crippen LogP contribution is 2.41. The number of hydrogen-bond acceptors (Lipinski definition) is 5. The molecule has 0 radical (unpaired) electrons. The van der Waals surface area contributed by atoms with Crippen molar-refractivity contribution in [1.29, 1.82) is 0 Å². The van der Waals surface area contributed by atoms with Crippen LogP contribution in [0.4, 0.5) is 11.6 Å². The number of hydrogen-bond donors (Lipinski definition) is 1. The summed E-state index contributed by atoms with van der Waals surface area (Å²) in [6, 6.07) is 0. The first-order valence-electron chi connectivity index (χ1n) is 6.43. The molecular formula is C12H18N4O4. The van der Waals surface area contributed by atoms with Gasteiger partial charge in [-0.2, -0.15) is 0 Å². The molecule has 0 aromatic carbocycles. The molecule has 1 atom stereocenters. The highest BCUT2D eigenvalue weighted by atomic mass is 16.6. The number of carboxylic acid groups (broad SMARTS) is 1. The number of carboxylic acids is 1. The van der Waals surface area contributed by atoms with Crippen LogP contribution in [0, 0.1) is 21.4 Å². The summed E-state index contributed by atoms with van der Waals surface area (Å²) in [5.74, 6) is -0.742. The molecule has 1 aliphatic heterocycles. The highest BCUT2D eigenvalue weighted by Gasteiger charge is 2.49. The lowest BCUT2D eigenvalue weighted by molar-refractivity contribution is -0.388. The van der Waals surface area contributed by atoms with E-state index >= 15 is 0 Å². The minimum atomic E-state index is -0.863. The first-order valence-corrected chi connectivity index (χ1v) is 6.43. The van der Waals surface area contributed by atoms with Crippen LogP contribution in [-0.4, -0.2) is 38.6 Å². The van der Waals surface area contributed by atoms with Gasteiger partial charge in [-0.25, -0.2) is 0 Å². The SMILES string of the molecule is CC(C)C1(C(=O)O)CCN(c2c([N+](=O)[O-])ncn2C)C1. The van der Waals surface area contributed by atoms with Gasteiger partial charge in [0, 0.05) is 20.1 Å². The van der Waals surface area contributed by atoms with Crippen LogP contribution in [0.1, 0.15) is 20.3 Å². The summed E-state index contributed by atoms with van der Waals surface area (Å²) in [6.45, 7) is 4.48. The van der Waals surface area contributed by atoms with Gasteiger partial charge in [0.15, 0.2) is 0 Å². The van der Waals surface area contributed by atoms with Gasteiger partial charge in [0.2, 0.25) is 12.1 Å². The lowest BCUT2D eigenvalue weighted by Crippen LogP contribution is -2.39. The van der Waals surface area contributed by atoms with E-state index in [-0.39, 0.29) is 18.3 Å². The Balaban J connectivity index is 2.37. The van der Waals surface area contributed by atoms with Crippen molar-refractivity contribution in [3.63, 3.8) is 0 Å². The van der Waals surface area contributed by atoms with Crippen LogP contribution in [0.25, 0.3) is 0 Å². The maximum Gasteiger partial charge on any atom is 0.406 e. The Morgan fingerprint density at radius 1 is 1.60 bits per heavy atom. The molecule has 20 heavy (non-hydrogen) atoms. The summed E-state index contributed by atoms with van der Waals surface area (Å²) >= 11 is 0. The van der Waals surface area contributed by atoms with Crippen molar-refractivity contribution in [3.8, 4) is 0 Å². The Kier molecular flexibility index (Phi) is 3.41. The molecular weight excluding hydrogens is 264 g/mol. The third kappa shape index (κ3) is 2.00. The molecule has 110 valence electrons. The second kappa shape index (κ2) is 4.77. The minimum absolute atomic E-state index is 0.0442. The predicted molar refractivity (Wildman–Crippen MR) is 71.6 cm³/mol. The first kappa shape index (κ1) is 14.3. The quantitative estimate of drug-likeness (QED) is 0.659. The molecule has 1 aromatic rings. The molecule has 1 unspecified atom stereocenters. The van der Waals surface area contributed by atoms with E-state index in [1.165, 1.54) is 6.33 Å². The lowest BCUT2D eigenvalue weighted by Gasteiger charge is -2.28. The van der Waals surface area contributed by atoms with Crippen molar-refractivity contribution in [2.45, 2.75) is 20.3 Å². The van der Waals surface area contributed by atoms with Crippen molar-refractivity contribution in [2.75, 3.05) is 18.0 Å². The Morgan fingerprint density at radius 2 is 2.25 bits per heavy atom. The fraction of sp³-hybridized carbons (Fsp3) is 0.667. The number of aliphatic carboxylic acids is 1.